The van der Waals surface area contributed by atoms with Gasteiger partial charge in [-0.15, -0.1) is 0 Å². The summed E-state index contributed by atoms with van der Waals surface area (Å²) in [6, 6.07) is -12.9. The molecule has 580 valence electrons. The van der Waals surface area contributed by atoms with E-state index in [2.05, 4.69) is 42.2 Å². The molecule has 38 heteroatoms. The molecule has 1 fully saturated rings. The lowest BCUT2D eigenvalue weighted by atomic mass is 9.94. The number of aliphatic hydroxyl groups is 3. The molecule has 0 aliphatic carbocycles. The number of hydrogen-bond donors (Lipinski definition) is 16. The summed E-state index contributed by atoms with van der Waals surface area (Å²) in [4.78, 5) is 204. The number of nitrogens with one attached hydrogen (secondary N) is 9. The second kappa shape index (κ2) is 42.3. The van der Waals surface area contributed by atoms with Crippen LogP contribution in [0, 0.1) is 23.7 Å². The molecule has 12 amide bonds. The number of aliphatic hydroxyl groups excluding tert-OH is 3. The van der Waals surface area contributed by atoms with E-state index in [1.807, 2.05) is 10.6 Å². The Morgan fingerprint density at radius 1 is 0.699 bits per heavy atom. The molecule has 1 aromatic carbocycles. The van der Waals surface area contributed by atoms with Crippen molar-refractivity contribution in [2.24, 2.45) is 51.6 Å². The van der Waals surface area contributed by atoms with Gasteiger partial charge in [0.1, 0.15) is 48.0 Å². The monoisotopic (exact) mass is 1470 g/mol. The number of halogens is 3. The number of carbonyl (C=O) groups is 14. The number of imide groups is 1. The summed E-state index contributed by atoms with van der Waals surface area (Å²) in [6.45, 7) is 14.8. The van der Waals surface area contributed by atoms with Crippen LogP contribution in [0.5, 0.6) is 0 Å². The van der Waals surface area contributed by atoms with Gasteiger partial charge in [0, 0.05) is 19.5 Å². The minimum Gasteiger partial charge on any atom is -0.453 e. The summed E-state index contributed by atoms with van der Waals surface area (Å²) in [6.07, 6.45) is -17.5. The molecule has 2 rings (SSSR count). The van der Waals surface area contributed by atoms with Crippen LogP contribution in [0.2, 0.25) is 0 Å². The Morgan fingerprint density at radius 3 is 1.80 bits per heavy atom. The topological polar surface area (TPSA) is 555 Å². The Bertz CT molecular complexity index is 3120. The number of alkyl halides is 3. The normalized spacial score (nSPS) is 22.9. The van der Waals surface area contributed by atoms with E-state index in [4.69, 9.17) is 37.1 Å². The highest BCUT2D eigenvalue weighted by molar-refractivity contribution is 6.04. The van der Waals surface area contributed by atoms with Gasteiger partial charge in [0.05, 0.1) is 25.3 Å². The average molecular weight is 1470 g/mol. The number of hydrogen-bond acceptors (Lipinski definition) is 22. The van der Waals surface area contributed by atoms with Crippen LogP contribution in [-0.2, 0) is 76.5 Å². The standard InChI is InChI=1S/C65H104F3N15O20/c1-13-34(8)43-55(93)81-44(35(9)85)54(92)75-29-41(86)79-45(48(88)51(70)89)56(94)78-40(30-84)60(98)101-50(36-21-16-14-17-22-36)47(83(59(97)37(69)27-31(2)3)42(87)24-18-15-19-25-74-63(100)103-64(10,11)12)58(96)82-46(49(33(6)7)102-61(99)65(66,67)68)57(95)77-39(28-32(4)5)53(91)76-38(52(90)80-43)23-20-26-73-62(71)72/h14,16-17,21-22,31-35,37-40,43-50,84-85,88H,13,15,18-20,23-30,69H2,1-12H3,(H2,70,89)(H,74,100)(H,75,92)(H,76,91)(H,77,95)(H,78,94)(H,79,86)(H,80,90)(H,81,93)(H,82,96)(H4,71,72,73)/t34-,35-,37-,38+,39-,40-,43-,44-,45-,46-,47-,48-,49+,50+/m0/s1. The maximum absolute atomic E-state index is 16.1. The fraction of sp³-hybridized carbons (Fsp3) is 0.677. The van der Waals surface area contributed by atoms with Gasteiger partial charge in [0.15, 0.2) is 30.3 Å². The van der Waals surface area contributed by atoms with Crippen LogP contribution >= 0.6 is 0 Å². The number of rotatable bonds is 26. The minimum absolute atomic E-state index is 0.00275. The molecule has 0 aromatic heterocycles. The fourth-order valence-electron chi connectivity index (χ4n) is 10.3. The van der Waals surface area contributed by atoms with Crippen molar-refractivity contribution >= 4 is 89.0 Å². The molecular formula is C65H104F3N15O20. The number of nitrogens with zero attached hydrogens (tertiary/aromatic N) is 2. The summed E-state index contributed by atoms with van der Waals surface area (Å²) in [7, 11) is 0. The third-order valence-electron chi connectivity index (χ3n) is 15.7. The summed E-state index contributed by atoms with van der Waals surface area (Å²) in [5.74, 6) is -24.0. The molecule has 20 N–H and O–H groups in total. The van der Waals surface area contributed by atoms with Crippen molar-refractivity contribution in [1.82, 2.24) is 52.8 Å². The van der Waals surface area contributed by atoms with E-state index in [9.17, 15) is 76.4 Å². The van der Waals surface area contributed by atoms with E-state index < -0.39 is 223 Å². The molecule has 1 saturated heterocycles. The molecule has 0 bridgehead atoms. The Labute approximate surface area is 594 Å². The highest BCUT2D eigenvalue weighted by Crippen LogP contribution is 2.30. The largest absolute Gasteiger partial charge is 0.490 e. The Kier molecular flexibility index (Phi) is 36.9. The van der Waals surface area contributed by atoms with Crippen molar-refractivity contribution < 1.29 is 110 Å². The highest BCUT2D eigenvalue weighted by atomic mass is 19.4. The number of unbranched alkanes of at least 4 members (excludes halogenated alkanes) is 2. The smallest absolute Gasteiger partial charge is 0.453 e. The predicted molar refractivity (Wildman–Crippen MR) is 361 cm³/mol. The van der Waals surface area contributed by atoms with Gasteiger partial charge in [-0.1, -0.05) is 98.6 Å². The number of amides is 12. The number of aliphatic imine (C=N–C) groups is 1. The van der Waals surface area contributed by atoms with Gasteiger partial charge in [-0.3, -0.25) is 62.6 Å². The van der Waals surface area contributed by atoms with Crippen LogP contribution in [0.4, 0.5) is 18.0 Å². The Morgan fingerprint density at radius 2 is 1.26 bits per heavy atom. The summed E-state index contributed by atoms with van der Waals surface area (Å²) in [5, 5.41) is 53.1. The van der Waals surface area contributed by atoms with Crippen LogP contribution in [0.25, 0.3) is 0 Å². The molecule has 1 aliphatic heterocycles. The average Bonchev–Trinajstić information content (AvgIpc) is 0.780. The van der Waals surface area contributed by atoms with E-state index in [0.717, 1.165) is 32.9 Å². The third-order valence-corrected chi connectivity index (χ3v) is 15.7. The minimum atomic E-state index is -5.81. The van der Waals surface area contributed by atoms with Crippen molar-refractivity contribution in [3.8, 4) is 0 Å². The van der Waals surface area contributed by atoms with Crippen LogP contribution in [-0.4, -0.2) is 220 Å². The van der Waals surface area contributed by atoms with Crippen LogP contribution in [0.15, 0.2) is 35.3 Å². The number of ether oxygens (including phenoxy) is 3. The van der Waals surface area contributed by atoms with E-state index in [1.165, 1.54) is 25.1 Å². The fourth-order valence-corrected chi connectivity index (χ4v) is 10.3. The molecule has 0 spiro atoms. The van der Waals surface area contributed by atoms with E-state index in [-0.39, 0.29) is 74.5 Å². The molecule has 0 unspecified atom stereocenters. The number of alkyl carbamates (subject to hydrolysis) is 1. The number of benzene rings is 1. The zero-order valence-corrected chi connectivity index (χ0v) is 60.0. The van der Waals surface area contributed by atoms with Crippen LogP contribution in [0.3, 0.4) is 0 Å². The van der Waals surface area contributed by atoms with Crippen molar-refractivity contribution in [3.63, 3.8) is 0 Å². The van der Waals surface area contributed by atoms with Crippen LogP contribution < -0.4 is 70.8 Å². The summed E-state index contributed by atoms with van der Waals surface area (Å²) < 4.78 is 59.5. The molecule has 103 heavy (non-hydrogen) atoms. The number of esters is 2. The van der Waals surface area contributed by atoms with Gasteiger partial charge >= 0.3 is 24.2 Å². The maximum Gasteiger partial charge on any atom is 0.490 e. The van der Waals surface area contributed by atoms with E-state index in [0.29, 0.717) is 0 Å². The second-order valence-electron chi connectivity index (χ2n) is 27.0. The van der Waals surface area contributed by atoms with Crippen molar-refractivity contribution in [3.05, 3.63) is 35.9 Å². The van der Waals surface area contributed by atoms with Gasteiger partial charge < -0.3 is 100 Å². The number of cyclic esters (lactones) is 1. The number of nitrogens with two attached hydrogens (primary N) is 4. The van der Waals surface area contributed by atoms with Gasteiger partial charge in [0.25, 0.3) is 0 Å². The van der Waals surface area contributed by atoms with Crippen molar-refractivity contribution in [2.45, 2.75) is 231 Å². The first kappa shape index (κ1) is 89.8. The van der Waals surface area contributed by atoms with Gasteiger partial charge in [-0.2, -0.15) is 13.2 Å². The van der Waals surface area contributed by atoms with Gasteiger partial charge in [-0.25, -0.2) is 14.4 Å². The lowest BCUT2D eigenvalue weighted by molar-refractivity contribution is -0.208. The number of primary amides is 1. The Hall–Kier alpha value is -9.30. The molecule has 35 nitrogen and oxygen atoms in total. The molecule has 1 aliphatic rings. The molecular weight excluding hydrogens is 1370 g/mol. The molecule has 1 heterocycles. The number of carbonyl (C=O) groups excluding carboxylic acids is 14. The first-order chi connectivity index (χ1) is 47.9. The summed E-state index contributed by atoms with van der Waals surface area (Å²) in [5.41, 5.74) is 21.8. The first-order valence-electron chi connectivity index (χ1n) is 33.7. The van der Waals surface area contributed by atoms with Gasteiger partial charge in [-0.05, 0) is 95.5 Å². The van der Waals surface area contributed by atoms with Gasteiger partial charge in [0.2, 0.25) is 65.0 Å². The van der Waals surface area contributed by atoms with Crippen molar-refractivity contribution in [2.75, 3.05) is 26.2 Å². The quantitative estimate of drug-likeness (QED) is 0.0150. The van der Waals surface area contributed by atoms with Crippen LogP contribution in [0.1, 0.15) is 153 Å². The zero-order valence-electron chi connectivity index (χ0n) is 60.0. The zero-order chi connectivity index (χ0) is 78.6. The maximum atomic E-state index is 16.1. The van der Waals surface area contributed by atoms with Crippen molar-refractivity contribution in [1.29, 1.82) is 0 Å². The van der Waals surface area contributed by atoms with E-state index in [1.54, 1.807) is 55.4 Å². The highest BCUT2D eigenvalue weighted by Gasteiger charge is 2.50. The first-order valence-corrected chi connectivity index (χ1v) is 33.7. The summed E-state index contributed by atoms with van der Waals surface area (Å²) >= 11 is 0. The third kappa shape index (κ3) is 30.3. The number of guanidine groups is 1. The second-order valence-corrected chi connectivity index (χ2v) is 27.0. The molecule has 0 radical (unpaired) electrons. The Balaban J connectivity index is 3.38. The van der Waals surface area contributed by atoms with E-state index >= 15 is 19.2 Å². The lowest BCUT2D eigenvalue weighted by Crippen LogP contribution is -2.65. The lowest BCUT2D eigenvalue weighted by Gasteiger charge is -2.38. The predicted octanol–water partition coefficient (Wildman–Crippen LogP) is -2.53. The molecule has 0 saturated carbocycles. The molecule has 1 aromatic rings. The SMILES string of the molecule is CC[C@H](C)[C@@H]1NC(=O)[C@@H](CCCN=C(N)N)NC(=O)[C@H](CC(C)C)NC(=O)[C@H]([C@H](OC(=O)C(F)(F)F)C(C)C)NC(=O)[C@@H](N(C(=O)CCCCCNC(=O)OC(C)(C)C)C(=O)[C@@H](N)CC(C)C)[C@@H](c2ccccc2)OC(=O)[C@H](CO)NC(=O)[C@H]([C@H](O)C(N)=O)NC(=O)CNC(=O)[C@H]([C@H](C)O)NC1=O. The molecule has 14 atom stereocenters.